The molecule has 0 radical (unpaired) electrons. The highest BCUT2D eigenvalue weighted by Gasteiger charge is 2.38. The molecule has 4 rings (SSSR count). The molecule has 24 heteroatoms. The zero-order chi connectivity index (χ0) is 58.5. The summed E-state index contributed by atoms with van der Waals surface area (Å²) in [7, 11) is 0. The van der Waals surface area contributed by atoms with Crippen LogP contribution in [0, 0.1) is 5.41 Å². The molecule has 456 valence electrons. The molecule has 0 spiro atoms. The smallest absolute Gasteiger partial charge is 0.324 e. The van der Waals surface area contributed by atoms with Crippen LogP contribution < -0.4 is 21.3 Å². The van der Waals surface area contributed by atoms with Gasteiger partial charge in [0.2, 0.25) is 23.6 Å². The lowest BCUT2D eigenvalue weighted by molar-refractivity contribution is -0.171. The van der Waals surface area contributed by atoms with Gasteiger partial charge in [-0.25, -0.2) is 19.2 Å². The predicted octanol–water partition coefficient (Wildman–Crippen LogP) is 6.84. The maximum atomic E-state index is 13.3. The summed E-state index contributed by atoms with van der Waals surface area (Å²) < 4.78 is 23.0. The number of hydrogen-bond acceptors (Lipinski definition) is 16. The van der Waals surface area contributed by atoms with Gasteiger partial charge in [-0.3, -0.25) is 58.0 Å². The van der Waals surface area contributed by atoms with E-state index < -0.39 is 79.8 Å². The Kier molecular flexibility index (Phi) is 32.4. The Balaban J connectivity index is 1.33. The summed E-state index contributed by atoms with van der Waals surface area (Å²) in [6, 6.07) is -1.74. The number of hydrogen-bond donors (Lipinski definition) is 4. The second-order valence-electron chi connectivity index (χ2n) is 21.7. The van der Waals surface area contributed by atoms with E-state index in [1.165, 1.54) is 19.6 Å². The fourth-order valence-corrected chi connectivity index (χ4v) is 9.71. The summed E-state index contributed by atoms with van der Waals surface area (Å²) in [6.07, 6.45) is 16.7. The second kappa shape index (κ2) is 39.1. The highest BCUT2D eigenvalue weighted by atomic mass is 16.6. The molecule has 4 saturated heterocycles. The van der Waals surface area contributed by atoms with Gasteiger partial charge in [0.1, 0.15) is 31.8 Å². The Bertz CT molecular complexity index is 1790. The molecule has 0 aromatic carbocycles. The van der Waals surface area contributed by atoms with E-state index in [0.717, 1.165) is 77.0 Å². The number of nitrogens with zero attached hydrogens (tertiary/aromatic N) is 4. The van der Waals surface area contributed by atoms with Crippen LogP contribution in [0.3, 0.4) is 0 Å². The minimum absolute atomic E-state index is 0.0214. The number of likely N-dealkylation sites (tertiary alicyclic amines) is 4. The number of ether oxygens (including phenoxy) is 4. The molecule has 81 heavy (non-hydrogen) atoms. The van der Waals surface area contributed by atoms with Crippen LogP contribution in [0.4, 0.5) is 19.2 Å². The van der Waals surface area contributed by atoms with Crippen molar-refractivity contribution in [2.75, 3.05) is 78.8 Å². The van der Waals surface area contributed by atoms with E-state index in [-0.39, 0.29) is 49.3 Å². The van der Waals surface area contributed by atoms with Gasteiger partial charge in [0.05, 0.1) is 0 Å². The first kappa shape index (κ1) is 67.1. The normalized spacial score (nSPS) is 16.5. The van der Waals surface area contributed by atoms with E-state index in [1.807, 2.05) is 0 Å². The maximum Gasteiger partial charge on any atom is 0.324 e. The fraction of sp³-hybridized carbons (Fsp3) is 0.789. The molecule has 24 nitrogen and oxygen atoms in total. The van der Waals surface area contributed by atoms with Gasteiger partial charge < -0.3 is 40.2 Å². The molecule has 4 fully saturated rings. The first-order valence-electron chi connectivity index (χ1n) is 30.1. The fourth-order valence-electron chi connectivity index (χ4n) is 9.71. The molecule has 0 aromatic heterocycles. The Morgan fingerprint density at radius 2 is 0.531 bits per heavy atom. The van der Waals surface area contributed by atoms with E-state index in [0.29, 0.717) is 155 Å². The molecule has 0 bridgehead atoms. The predicted molar refractivity (Wildman–Crippen MR) is 294 cm³/mol. The molecular weight excluding hydrogens is 1050 g/mol. The number of unbranched alkanes of at least 4 members (excludes halogenated alkanes) is 8. The van der Waals surface area contributed by atoms with Crippen molar-refractivity contribution in [3.63, 3.8) is 0 Å². The van der Waals surface area contributed by atoms with Crippen molar-refractivity contribution in [3.05, 3.63) is 0 Å². The van der Waals surface area contributed by atoms with Crippen molar-refractivity contribution >= 4 is 71.6 Å². The lowest BCUT2D eigenvalue weighted by Gasteiger charge is -2.31. The molecule has 0 aliphatic carbocycles. The zero-order valence-electron chi connectivity index (χ0n) is 47.9. The van der Waals surface area contributed by atoms with Gasteiger partial charge >= 0.3 is 48.0 Å². The van der Waals surface area contributed by atoms with Crippen LogP contribution in [0.25, 0.3) is 0 Å². The summed E-state index contributed by atoms with van der Waals surface area (Å²) in [5.74, 6) is -3.25. The van der Waals surface area contributed by atoms with Crippen molar-refractivity contribution in [2.45, 2.75) is 205 Å². The third-order valence-corrected chi connectivity index (χ3v) is 14.8. The number of urea groups is 4. The summed E-state index contributed by atoms with van der Waals surface area (Å²) in [5, 5.41) is 11.1. The average molecular weight is 1150 g/mol. The van der Waals surface area contributed by atoms with E-state index in [9.17, 15) is 57.5 Å². The van der Waals surface area contributed by atoms with Gasteiger partial charge in [0.25, 0.3) is 0 Å². The van der Waals surface area contributed by atoms with Crippen molar-refractivity contribution in [1.82, 2.24) is 40.9 Å². The van der Waals surface area contributed by atoms with Crippen molar-refractivity contribution < 1.29 is 76.5 Å². The average Bonchev–Trinajstić information content (AvgIpc) is 4.01. The van der Waals surface area contributed by atoms with Crippen molar-refractivity contribution in [2.24, 2.45) is 5.41 Å². The third-order valence-electron chi connectivity index (χ3n) is 14.8. The molecule has 0 atom stereocenters. The summed E-state index contributed by atoms with van der Waals surface area (Å²) in [4.78, 5) is 158. The highest BCUT2D eigenvalue weighted by Crippen LogP contribution is 2.24. The van der Waals surface area contributed by atoms with Crippen LogP contribution in [-0.4, -0.2) is 170 Å². The monoisotopic (exact) mass is 1140 g/mol. The first-order chi connectivity index (χ1) is 39.2. The molecule has 4 heterocycles. The van der Waals surface area contributed by atoms with Gasteiger partial charge in [-0.2, -0.15) is 0 Å². The van der Waals surface area contributed by atoms with Gasteiger partial charge in [-0.1, -0.05) is 51.4 Å². The number of esters is 4. The largest absolute Gasteiger partial charge is 0.465 e. The standard InChI is InChI=1S/C57H92N8O16/c66-45-25-9-5-21-37-62(45)53(74)58-33-17-1-13-29-49(70)78-41-57(42-79-50(71)30-14-2-18-34-59-54(75)63-38-22-6-10-26-46(63)67,43-80-51(72)31-15-3-19-35-60-55(76)64-39-23-7-11-27-47(64)68)44-81-52(73)32-16-4-20-36-61-56(77)65-40-24-8-12-28-48(65)69/h1-44H2,(H,58,74)(H,59,75)(H,60,76)(H,61,77). The van der Waals surface area contributed by atoms with Crippen molar-refractivity contribution in [1.29, 1.82) is 0 Å². The zero-order valence-corrected chi connectivity index (χ0v) is 47.9. The molecule has 0 aromatic rings. The molecule has 4 N–H and O–H groups in total. The molecule has 0 unspecified atom stereocenters. The minimum Gasteiger partial charge on any atom is -0.465 e. The van der Waals surface area contributed by atoms with E-state index >= 15 is 0 Å². The Morgan fingerprint density at radius 1 is 0.309 bits per heavy atom. The number of carbonyl (C=O) groups is 12. The van der Waals surface area contributed by atoms with Crippen LogP contribution in [0.15, 0.2) is 0 Å². The van der Waals surface area contributed by atoms with E-state index in [1.54, 1.807) is 0 Å². The SMILES string of the molecule is O=C(CCCCCNC(=O)N1CCCCCC1=O)OCC(COC(=O)CCCCCNC(=O)N1CCCCCC1=O)(COC(=O)CCCCCNC(=O)N1CCCCCC1=O)COC(=O)CCCCCNC(=O)N1CCCCCC1=O. The lowest BCUT2D eigenvalue weighted by atomic mass is 9.92. The number of rotatable bonds is 32. The highest BCUT2D eigenvalue weighted by molar-refractivity contribution is 5.96. The Labute approximate surface area is 477 Å². The van der Waals surface area contributed by atoms with Crippen LogP contribution >= 0.6 is 0 Å². The maximum absolute atomic E-state index is 13.3. The number of amides is 12. The van der Waals surface area contributed by atoms with Crippen molar-refractivity contribution in [3.8, 4) is 0 Å². The molecule has 12 amide bonds. The summed E-state index contributed by atoms with van der Waals surface area (Å²) in [5.41, 5.74) is -1.54. The van der Waals surface area contributed by atoms with E-state index in [2.05, 4.69) is 21.3 Å². The Hall–Kier alpha value is -6.36. The van der Waals surface area contributed by atoms with E-state index in [4.69, 9.17) is 18.9 Å². The minimum atomic E-state index is -1.54. The van der Waals surface area contributed by atoms with Gasteiger partial charge in [0.15, 0.2) is 0 Å². The van der Waals surface area contributed by atoms with Crippen LogP contribution in [0.2, 0.25) is 0 Å². The molecule has 4 aliphatic heterocycles. The Morgan fingerprint density at radius 3 is 0.753 bits per heavy atom. The quantitative estimate of drug-likeness (QED) is 0.0305. The topological polar surface area (TPSA) is 303 Å². The number of carbonyl (C=O) groups excluding carboxylic acids is 12. The van der Waals surface area contributed by atoms with Gasteiger partial charge in [-0.15, -0.1) is 0 Å². The second-order valence-corrected chi connectivity index (χ2v) is 21.7. The number of imide groups is 4. The van der Waals surface area contributed by atoms with Crippen LogP contribution in [0.1, 0.15) is 205 Å². The lowest BCUT2D eigenvalue weighted by Crippen LogP contribution is -2.44. The number of nitrogens with one attached hydrogen (secondary N) is 4. The summed E-state index contributed by atoms with van der Waals surface area (Å²) >= 11 is 0. The third kappa shape index (κ3) is 27.3. The summed E-state index contributed by atoms with van der Waals surface area (Å²) in [6.45, 7) is 0.865. The van der Waals surface area contributed by atoms with Gasteiger partial charge in [0, 0.05) is 104 Å². The first-order valence-corrected chi connectivity index (χ1v) is 30.1. The molecule has 0 saturated carbocycles. The van der Waals surface area contributed by atoms with Crippen LogP contribution in [0.5, 0.6) is 0 Å². The van der Waals surface area contributed by atoms with Crippen LogP contribution in [-0.2, 0) is 57.3 Å². The molecule has 4 aliphatic rings. The molecular formula is C57H92N8O16. The van der Waals surface area contributed by atoms with Gasteiger partial charge in [-0.05, 0) is 103 Å².